The first kappa shape index (κ1) is 21.8. The third-order valence-corrected chi connectivity index (χ3v) is 5.56. The number of ether oxygens (including phenoxy) is 3. The molecule has 0 aromatic heterocycles. The predicted octanol–water partition coefficient (Wildman–Crippen LogP) is 3.22. The van der Waals surface area contributed by atoms with Crippen molar-refractivity contribution in [3.05, 3.63) is 22.7 Å². The average molecular weight is 399 g/mol. The number of carbonyl (C=O) groups is 1. The van der Waals surface area contributed by atoms with Crippen LogP contribution in [-0.4, -0.2) is 63.9 Å². The van der Waals surface area contributed by atoms with Crippen molar-refractivity contribution in [3.8, 4) is 11.5 Å². The molecule has 2 rings (SSSR count). The van der Waals surface area contributed by atoms with Gasteiger partial charge in [-0.3, -0.25) is 9.69 Å². The predicted molar refractivity (Wildman–Crippen MR) is 107 cm³/mol. The van der Waals surface area contributed by atoms with Crippen molar-refractivity contribution >= 4 is 17.5 Å². The normalized spacial score (nSPS) is 16.2. The van der Waals surface area contributed by atoms with Crippen LogP contribution in [0, 0.1) is 5.92 Å². The van der Waals surface area contributed by atoms with Crippen LogP contribution in [0.1, 0.15) is 37.0 Å². The van der Waals surface area contributed by atoms with E-state index in [1.54, 1.807) is 12.1 Å². The molecular formula is C20H31ClN2O4. The second-order valence-corrected chi connectivity index (χ2v) is 7.10. The molecule has 0 radical (unpaired) electrons. The van der Waals surface area contributed by atoms with Crippen LogP contribution in [0.15, 0.2) is 12.1 Å². The molecule has 7 heteroatoms. The van der Waals surface area contributed by atoms with Crippen LogP contribution in [0.4, 0.5) is 0 Å². The first-order valence-electron chi connectivity index (χ1n) is 9.57. The third kappa shape index (κ3) is 5.50. The Kier molecular flexibility index (Phi) is 8.67. The van der Waals surface area contributed by atoms with Gasteiger partial charge in [0.05, 0.1) is 32.5 Å². The first-order chi connectivity index (χ1) is 13.0. The molecule has 1 aromatic rings. The summed E-state index contributed by atoms with van der Waals surface area (Å²) in [5.74, 6) is 1.23. The Balaban J connectivity index is 2.11. The average Bonchev–Trinajstić information content (AvgIpc) is 2.70. The highest BCUT2D eigenvalue weighted by Gasteiger charge is 2.27. The molecule has 1 amide bonds. The summed E-state index contributed by atoms with van der Waals surface area (Å²) in [5, 5.41) is 3.44. The van der Waals surface area contributed by atoms with Crippen LogP contribution in [0.5, 0.6) is 11.5 Å². The number of benzene rings is 1. The number of morpholine rings is 1. The maximum atomic E-state index is 12.7. The molecule has 1 unspecified atom stereocenters. The van der Waals surface area contributed by atoms with Crippen LogP contribution in [-0.2, 0) is 4.74 Å². The largest absolute Gasteiger partial charge is 0.493 e. The molecule has 1 atom stereocenters. The van der Waals surface area contributed by atoms with Crippen molar-refractivity contribution < 1.29 is 19.0 Å². The van der Waals surface area contributed by atoms with Crippen molar-refractivity contribution in [2.75, 3.05) is 47.1 Å². The molecule has 0 aliphatic carbocycles. The molecule has 1 aliphatic rings. The van der Waals surface area contributed by atoms with Gasteiger partial charge in [-0.05, 0) is 18.1 Å². The smallest absolute Gasteiger partial charge is 0.251 e. The number of nitrogens with one attached hydrogen (secondary N) is 1. The second kappa shape index (κ2) is 10.7. The van der Waals surface area contributed by atoms with Gasteiger partial charge in [0.15, 0.2) is 11.5 Å². The number of carbonyl (C=O) groups excluding carboxylic acids is 1. The Labute approximate surface area is 167 Å². The zero-order valence-corrected chi connectivity index (χ0v) is 17.5. The van der Waals surface area contributed by atoms with Crippen molar-refractivity contribution in [1.82, 2.24) is 10.2 Å². The summed E-state index contributed by atoms with van der Waals surface area (Å²) in [6.07, 6.45) is 2.16. The summed E-state index contributed by atoms with van der Waals surface area (Å²) >= 11 is 6.23. The van der Waals surface area contributed by atoms with E-state index in [0.29, 0.717) is 40.6 Å². The van der Waals surface area contributed by atoms with E-state index >= 15 is 0 Å². The Morgan fingerprint density at radius 2 is 1.89 bits per heavy atom. The van der Waals surface area contributed by atoms with E-state index in [1.807, 2.05) is 0 Å². The highest BCUT2D eigenvalue weighted by molar-refractivity contribution is 6.32. The van der Waals surface area contributed by atoms with Gasteiger partial charge in [0.1, 0.15) is 0 Å². The van der Waals surface area contributed by atoms with Crippen LogP contribution in [0.3, 0.4) is 0 Å². The SMILES string of the molecule is CCC(CC)C(CNC(=O)c1cc(Cl)c(OC)c(OC)c1)N1CCOCC1. The minimum Gasteiger partial charge on any atom is -0.493 e. The van der Waals surface area contributed by atoms with E-state index < -0.39 is 0 Å². The molecule has 6 nitrogen and oxygen atoms in total. The summed E-state index contributed by atoms with van der Waals surface area (Å²) in [6, 6.07) is 3.56. The molecule has 1 aliphatic heterocycles. The van der Waals surface area contributed by atoms with Gasteiger partial charge in [-0.25, -0.2) is 0 Å². The number of rotatable bonds is 9. The summed E-state index contributed by atoms with van der Waals surface area (Å²) in [5.41, 5.74) is 0.461. The Hall–Kier alpha value is -1.50. The maximum Gasteiger partial charge on any atom is 0.251 e. The molecule has 1 heterocycles. The van der Waals surface area contributed by atoms with Crippen LogP contribution in [0.25, 0.3) is 0 Å². The molecule has 0 bridgehead atoms. The van der Waals surface area contributed by atoms with Gasteiger partial charge in [0.2, 0.25) is 0 Å². The van der Waals surface area contributed by atoms with E-state index in [1.165, 1.54) is 14.2 Å². The van der Waals surface area contributed by atoms with Crippen molar-refractivity contribution in [2.45, 2.75) is 32.7 Å². The van der Waals surface area contributed by atoms with Crippen molar-refractivity contribution in [3.63, 3.8) is 0 Å². The molecule has 1 saturated heterocycles. The Bertz CT molecular complexity index is 616. The molecule has 27 heavy (non-hydrogen) atoms. The highest BCUT2D eigenvalue weighted by atomic mass is 35.5. The summed E-state index contributed by atoms with van der Waals surface area (Å²) in [4.78, 5) is 15.2. The minimum atomic E-state index is -0.165. The van der Waals surface area contributed by atoms with Crippen molar-refractivity contribution in [1.29, 1.82) is 0 Å². The van der Waals surface area contributed by atoms with Gasteiger partial charge in [-0.15, -0.1) is 0 Å². The highest BCUT2D eigenvalue weighted by Crippen LogP contribution is 2.36. The number of nitrogens with zero attached hydrogens (tertiary/aromatic N) is 1. The molecule has 1 fully saturated rings. The monoisotopic (exact) mass is 398 g/mol. The lowest BCUT2D eigenvalue weighted by Gasteiger charge is -2.38. The third-order valence-electron chi connectivity index (χ3n) is 5.28. The minimum absolute atomic E-state index is 0.165. The lowest BCUT2D eigenvalue weighted by molar-refractivity contribution is 0.00191. The van der Waals surface area contributed by atoms with E-state index in [2.05, 4.69) is 24.1 Å². The molecule has 1 aromatic carbocycles. The van der Waals surface area contributed by atoms with Crippen LogP contribution >= 0.6 is 11.6 Å². The topological polar surface area (TPSA) is 60.0 Å². The number of hydrogen-bond acceptors (Lipinski definition) is 5. The fraction of sp³-hybridized carbons (Fsp3) is 0.650. The van der Waals surface area contributed by atoms with Crippen molar-refractivity contribution in [2.24, 2.45) is 5.92 Å². The standard InChI is InChI=1S/C20H31ClN2O4/c1-5-14(6-2)17(23-7-9-27-10-8-23)13-22-20(24)15-11-16(21)19(26-4)18(12-15)25-3/h11-12,14,17H,5-10,13H2,1-4H3,(H,22,24). The lowest BCUT2D eigenvalue weighted by Crippen LogP contribution is -2.52. The molecule has 152 valence electrons. The maximum absolute atomic E-state index is 12.7. The molecular weight excluding hydrogens is 368 g/mol. The van der Waals surface area contributed by atoms with Gasteiger partial charge in [-0.2, -0.15) is 0 Å². The van der Waals surface area contributed by atoms with Gasteiger partial charge < -0.3 is 19.5 Å². The lowest BCUT2D eigenvalue weighted by atomic mass is 9.92. The van der Waals surface area contributed by atoms with Crippen LogP contribution < -0.4 is 14.8 Å². The zero-order chi connectivity index (χ0) is 19.8. The quantitative estimate of drug-likeness (QED) is 0.692. The fourth-order valence-corrected chi connectivity index (χ4v) is 3.97. The van der Waals surface area contributed by atoms with Crippen LogP contribution in [0.2, 0.25) is 5.02 Å². The fourth-order valence-electron chi connectivity index (χ4n) is 3.68. The van der Waals surface area contributed by atoms with E-state index in [4.69, 9.17) is 25.8 Å². The van der Waals surface area contributed by atoms with Gasteiger partial charge >= 0.3 is 0 Å². The van der Waals surface area contributed by atoms with Gasteiger partial charge in [-0.1, -0.05) is 38.3 Å². The van der Waals surface area contributed by atoms with E-state index in [-0.39, 0.29) is 5.91 Å². The van der Waals surface area contributed by atoms with E-state index in [9.17, 15) is 4.79 Å². The number of amides is 1. The summed E-state index contributed by atoms with van der Waals surface area (Å²) in [7, 11) is 3.05. The summed E-state index contributed by atoms with van der Waals surface area (Å²) < 4.78 is 16.0. The second-order valence-electron chi connectivity index (χ2n) is 6.70. The first-order valence-corrected chi connectivity index (χ1v) is 9.94. The van der Waals surface area contributed by atoms with Gasteiger partial charge in [0, 0.05) is 31.2 Å². The summed E-state index contributed by atoms with van der Waals surface area (Å²) in [6.45, 7) is 8.30. The molecule has 1 N–H and O–H groups in total. The Morgan fingerprint density at radius 3 is 2.44 bits per heavy atom. The van der Waals surface area contributed by atoms with Gasteiger partial charge in [0.25, 0.3) is 5.91 Å². The molecule has 0 spiro atoms. The zero-order valence-electron chi connectivity index (χ0n) is 16.7. The number of hydrogen-bond donors (Lipinski definition) is 1. The molecule has 0 saturated carbocycles. The number of methoxy groups -OCH3 is 2. The van der Waals surface area contributed by atoms with E-state index in [0.717, 1.165) is 39.1 Å². The Morgan fingerprint density at radius 1 is 1.22 bits per heavy atom. The number of halogens is 1.